The van der Waals surface area contributed by atoms with Crippen LogP contribution < -0.4 is 5.73 Å². The molecule has 5 nitrogen and oxygen atoms in total. The summed E-state index contributed by atoms with van der Waals surface area (Å²) in [6, 6.07) is 0. The molecule has 2 rings (SSSR count). The van der Waals surface area contributed by atoms with Gasteiger partial charge in [0.15, 0.2) is 0 Å². The van der Waals surface area contributed by atoms with Gasteiger partial charge in [0.25, 0.3) is 0 Å². The van der Waals surface area contributed by atoms with Gasteiger partial charge in [0.2, 0.25) is 5.91 Å². The highest BCUT2D eigenvalue weighted by molar-refractivity contribution is 5.78. The van der Waals surface area contributed by atoms with E-state index in [0.717, 1.165) is 12.8 Å². The van der Waals surface area contributed by atoms with E-state index in [2.05, 4.69) is 0 Å². The van der Waals surface area contributed by atoms with Crippen molar-refractivity contribution >= 4 is 5.91 Å². The molecule has 1 aliphatic carbocycles. The molecule has 0 spiro atoms. The average Bonchev–Trinajstić information content (AvgIpc) is 2.96. The molecule has 2 aliphatic rings. The monoisotopic (exact) mass is 214 g/mol. The number of β-amino-alcohol motifs (C(OH)–C–C–N with tert-alkyl or cyclic N) is 1. The first-order chi connectivity index (χ1) is 7.15. The van der Waals surface area contributed by atoms with E-state index in [9.17, 15) is 9.90 Å². The third-order valence-corrected chi connectivity index (χ3v) is 3.11. The van der Waals surface area contributed by atoms with Gasteiger partial charge < -0.3 is 20.5 Å². The van der Waals surface area contributed by atoms with Crippen LogP contribution in [0, 0.1) is 5.92 Å². The molecular formula is C10H18N2O3. The highest BCUT2D eigenvalue weighted by Gasteiger charge is 2.53. The fraction of sp³-hybridized carbons (Fsp3) is 0.900. The second-order valence-electron chi connectivity index (χ2n) is 4.47. The number of hydrogen-bond donors (Lipinski definition) is 2. The second-order valence-corrected chi connectivity index (χ2v) is 4.47. The molecule has 0 atom stereocenters. The van der Waals surface area contributed by atoms with E-state index in [0.29, 0.717) is 32.2 Å². The molecule has 0 aromatic rings. The van der Waals surface area contributed by atoms with Gasteiger partial charge in [-0.3, -0.25) is 4.79 Å². The summed E-state index contributed by atoms with van der Waals surface area (Å²) >= 11 is 0. The Morgan fingerprint density at radius 3 is 2.73 bits per heavy atom. The van der Waals surface area contributed by atoms with Gasteiger partial charge in [0, 0.05) is 6.54 Å². The van der Waals surface area contributed by atoms with E-state index in [1.54, 1.807) is 4.90 Å². The molecule has 0 radical (unpaired) electrons. The topological polar surface area (TPSA) is 75.8 Å². The van der Waals surface area contributed by atoms with Crippen molar-refractivity contribution in [1.29, 1.82) is 0 Å². The van der Waals surface area contributed by atoms with Gasteiger partial charge in [0.05, 0.1) is 19.7 Å². The van der Waals surface area contributed by atoms with Crippen molar-refractivity contribution < 1.29 is 14.6 Å². The number of ether oxygens (including phenoxy) is 1. The molecule has 86 valence electrons. The maximum absolute atomic E-state index is 11.5. The lowest BCUT2D eigenvalue weighted by atomic mass is 9.89. The van der Waals surface area contributed by atoms with E-state index in [4.69, 9.17) is 10.5 Å². The average molecular weight is 214 g/mol. The Morgan fingerprint density at radius 1 is 1.53 bits per heavy atom. The van der Waals surface area contributed by atoms with Crippen LogP contribution in [0.5, 0.6) is 0 Å². The molecule has 0 unspecified atom stereocenters. The van der Waals surface area contributed by atoms with E-state index in [1.165, 1.54) is 0 Å². The molecule has 0 bridgehead atoms. The summed E-state index contributed by atoms with van der Waals surface area (Å²) in [4.78, 5) is 13.1. The minimum absolute atomic E-state index is 0.0474. The van der Waals surface area contributed by atoms with Gasteiger partial charge >= 0.3 is 0 Å². The lowest BCUT2D eigenvalue weighted by Gasteiger charge is -2.46. The molecule has 1 saturated carbocycles. The molecule has 0 aromatic carbocycles. The molecule has 2 fully saturated rings. The van der Waals surface area contributed by atoms with Gasteiger partial charge in [-0.15, -0.1) is 0 Å². The van der Waals surface area contributed by atoms with Crippen LogP contribution in [0.1, 0.15) is 12.8 Å². The fourth-order valence-electron chi connectivity index (χ4n) is 2.00. The zero-order valence-corrected chi connectivity index (χ0v) is 8.82. The summed E-state index contributed by atoms with van der Waals surface area (Å²) in [6.45, 7) is 1.87. The fourth-order valence-corrected chi connectivity index (χ4v) is 2.00. The van der Waals surface area contributed by atoms with Crippen molar-refractivity contribution in [3.63, 3.8) is 0 Å². The third kappa shape index (κ3) is 2.30. The second kappa shape index (κ2) is 4.08. The maximum Gasteiger partial charge on any atom is 0.248 e. The normalized spacial score (nSPS) is 23.7. The van der Waals surface area contributed by atoms with Crippen molar-refractivity contribution in [2.45, 2.75) is 18.4 Å². The SMILES string of the molecule is NCCOCC(=O)N1CC(O)(C2CC2)C1. The molecule has 1 amide bonds. The highest BCUT2D eigenvalue weighted by Crippen LogP contribution is 2.44. The number of hydrogen-bond acceptors (Lipinski definition) is 4. The van der Waals surface area contributed by atoms with Gasteiger partial charge in [-0.25, -0.2) is 0 Å². The Bertz CT molecular complexity index is 247. The first-order valence-electron chi connectivity index (χ1n) is 5.44. The number of likely N-dealkylation sites (tertiary alicyclic amines) is 1. The van der Waals surface area contributed by atoms with Crippen molar-refractivity contribution in [2.24, 2.45) is 11.7 Å². The number of carbonyl (C=O) groups excluding carboxylic acids is 1. The van der Waals surface area contributed by atoms with Crippen LogP contribution in [0.4, 0.5) is 0 Å². The number of nitrogens with two attached hydrogens (primary N) is 1. The lowest BCUT2D eigenvalue weighted by molar-refractivity contribution is -0.163. The third-order valence-electron chi connectivity index (χ3n) is 3.11. The molecule has 5 heteroatoms. The Kier molecular flexibility index (Phi) is 2.95. The standard InChI is InChI=1S/C10H18N2O3/c11-3-4-15-5-9(13)12-6-10(14,7-12)8-1-2-8/h8,14H,1-7,11H2. The first-order valence-corrected chi connectivity index (χ1v) is 5.44. The van der Waals surface area contributed by atoms with Crippen molar-refractivity contribution in [3.8, 4) is 0 Å². The quantitative estimate of drug-likeness (QED) is 0.572. The van der Waals surface area contributed by atoms with E-state index in [-0.39, 0.29) is 12.5 Å². The zero-order chi connectivity index (χ0) is 10.9. The van der Waals surface area contributed by atoms with Crippen LogP contribution in [-0.4, -0.2) is 54.4 Å². The summed E-state index contributed by atoms with van der Waals surface area (Å²) in [6.07, 6.45) is 2.20. The minimum atomic E-state index is -0.594. The highest BCUT2D eigenvalue weighted by atomic mass is 16.5. The van der Waals surface area contributed by atoms with Crippen LogP contribution in [0.25, 0.3) is 0 Å². The number of nitrogens with zero attached hydrogens (tertiary/aromatic N) is 1. The summed E-state index contributed by atoms with van der Waals surface area (Å²) in [5.74, 6) is 0.375. The maximum atomic E-state index is 11.5. The smallest absolute Gasteiger partial charge is 0.248 e. The van der Waals surface area contributed by atoms with Crippen molar-refractivity contribution in [3.05, 3.63) is 0 Å². The van der Waals surface area contributed by atoms with Crippen LogP contribution in [0.15, 0.2) is 0 Å². The van der Waals surface area contributed by atoms with E-state index < -0.39 is 5.60 Å². The number of amides is 1. The van der Waals surface area contributed by atoms with E-state index >= 15 is 0 Å². The predicted molar refractivity (Wildman–Crippen MR) is 54.1 cm³/mol. The zero-order valence-electron chi connectivity index (χ0n) is 8.82. The van der Waals surface area contributed by atoms with Gasteiger partial charge in [-0.05, 0) is 18.8 Å². The van der Waals surface area contributed by atoms with Gasteiger partial charge in [-0.2, -0.15) is 0 Å². The van der Waals surface area contributed by atoms with Crippen LogP contribution in [0.2, 0.25) is 0 Å². The van der Waals surface area contributed by atoms with Crippen molar-refractivity contribution in [2.75, 3.05) is 32.8 Å². The van der Waals surface area contributed by atoms with E-state index in [1.807, 2.05) is 0 Å². The summed E-state index contributed by atoms with van der Waals surface area (Å²) in [5.41, 5.74) is 4.64. The Hall–Kier alpha value is -0.650. The Labute approximate surface area is 89.2 Å². The van der Waals surface area contributed by atoms with Crippen LogP contribution >= 0.6 is 0 Å². The number of carbonyl (C=O) groups is 1. The van der Waals surface area contributed by atoms with Crippen molar-refractivity contribution in [1.82, 2.24) is 4.90 Å². The lowest BCUT2D eigenvalue weighted by Crippen LogP contribution is -2.65. The molecule has 3 N–H and O–H groups in total. The minimum Gasteiger partial charge on any atom is -0.386 e. The molecular weight excluding hydrogens is 196 g/mol. The van der Waals surface area contributed by atoms with Gasteiger partial charge in [-0.1, -0.05) is 0 Å². The molecule has 15 heavy (non-hydrogen) atoms. The predicted octanol–water partition coefficient (Wildman–Crippen LogP) is -1.05. The van der Waals surface area contributed by atoms with Crippen LogP contribution in [0.3, 0.4) is 0 Å². The summed E-state index contributed by atoms with van der Waals surface area (Å²) < 4.78 is 5.05. The summed E-state index contributed by atoms with van der Waals surface area (Å²) in [5, 5.41) is 9.99. The largest absolute Gasteiger partial charge is 0.386 e. The molecule has 0 aromatic heterocycles. The first kappa shape index (κ1) is 10.9. The molecule has 1 aliphatic heterocycles. The number of aliphatic hydroxyl groups is 1. The van der Waals surface area contributed by atoms with Crippen LogP contribution in [-0.2, 0) is 9.53 Å². The Balaban J connectivity index is 1.67. The summed E-state index contributed by atoms with van der Waals surface area (Å²) in [7, 11) is 0. The Morgan fingerprint density at radius 2 is 2.20 bits per heavy atom. The van der Waals surface area contributed by atoms with Gasteiger partial charge in [0.1, 0.15) is 12.2 Å². The molecule has 1 saturated heterocycles. The number of rotatable bonds is 5. The molecule has 1 heterocycles.